The van der Waals surface area contributed by atoms with Gasteiger partial charge in [0.25, 0.3) is 0 Å². The third-order valence-electron chi connectivity index (χ3n) is 0.914. The van der Waals surface area contributed by atoms with Gasteiger partial charge >= 0.3 is 5.97 Å². The summed E-state index contributed by atoms with van der Waals surface area (Å²) in [4.78, 5) is 10.7. The van der Waals surface area contributed by atoms with E-state index in [2.05, 4.69) is 36.6 Å². The van der Waals surface area contributed by atoms with Crippen molar-refractivity contribution in [2.24, 2.45) is 0 Å². The number of alkyl halides is 2. The first-order valence-corrected chi connectivity index (χ1v) is 5.54. The summed E-state index contributed by atoms with van der Waals surface area (Å²) in [6, 6.07) is 1.98. The third kappa shape index (κ3) is 5.86. The van der Waals surface area contributed by atoms with Crippen LogP contribution in [0.2, 0.25) is 0 Å². The Kier molecular flexibility index (Phi) is 5.97. The van der Waals surface area contributed by atoms with Crippen LogP contribution in [0.4, 0.5) is 0 Å². The van der Waals surface area contributed by atoms with Gasteiger partial charge in [0.1, 0.15) is 2.57 Å². The highest BCUT2D eigenvalue weighted by atomic mass is 79.9. The number of hydrogen-bond donors (Lipinski definition) is 0. The van der Waals surface area contributed by atoms with E-state index in [1.54, 1.807) is 0 Å². The minimum absolute atomic E-state index is 0.217. The lowest BCUT2D eigenvalue weighted by Gasteiger charge is -2.14. The van der Waals surface area contributed by atoms with Crippen LogP contribution in [-0.2, 0) is 9.53 Å². The molecule has 0 rings (SSSR count). The molecule has 68 valence electrons. The van der Waals surface area contributed by atoms with Gasteiger partial charge in [0, 0.05) is 0 Å². The summed E-state index contributed by atoms with van der Waals surface area (Å²) in [5.41, 5.74) is 0. The molecule has 0 N–H and O–H groups in total. The van der Waals surface area contributed by atoms with E-state index < -0.39 is 2.57 Å². The van der Waals surface area contributed by atoms with Crippen molar-refractivity contribution in [3.63, 3.8) is 0 Å². The van der Waals surface area contributed by atoms with Crippen LogP contribution in [-0.4, -0.2) is 21.4 Å². The Morgan fingerprint density at radius 2 is 2.33 bits per heavy atom. The molecule has 0 bridgehead atoms. The summed E-state index contributed by atoms with van der Waals surface area (Å²) in [5.74, 6) is -0.0875. The number of nitriles is 1. The maximum atomic E-state index is 10.7. The molecule has 6 heteroatoms. The number of halogens is 2. The molecular formula is C6H7Br2NO2S. The summed E-state index contributed by atoms with van der Waals surface area (Å²) in [6.07, 6.45) is 0.272. The van der Waals surface area contributed by atoms with Crippen molar-refractivity contribution in [1.82, 2.24) is 0 Å². The lowest BCUT2D eigenvalue weighted by Crippen LogP contribution is -2.11. The predicted molar refractivity (Wildman–Crippen MR) is 55.3 cm³/mol. The standard InChI is InChI=1S/C6H7Br2NO2S/c1-11-5(10)4-12-6(7,8)2-3-9/h2,4H2,1H3. The van der Waals surface area contributed by atoms with Crippen LogP contribution in [0, 0.1) is 11.3 Å². The molecule has 0 atom stereocenters. The highest BCUT2D eigenvalue weighted by molar-refractivity contribution is 9.28. The average Bonchev–Trinajstić information content (AvgIpc) is 2.00. The first kappa shape index (κ1) is 12.3. The van der Waals surface area contributed by atoms with Crippen LogP contribution in [0.15, 0.2) is 0 Å². The van der Waals surface area contributed by atoms with Gasteiger partial charge in [0.2, 0.25) is 0 Å². The first-order valence-electron chi connectivity index (χ1n) is 2.97. The van der Waals surface area contributed by atoms with E-state index in [4.69, 9.17) is 5.26 Å². The molecule has 0 aliphatic carbocycles. The van der Waals surface area contributed by atoms with Crippen molar-refractivity contribution in [2.45, 2.75) is 8.99 Å². The van der Waals surface area contributed by atoms with Crippen molar-refractivity contribution in [3.8, 4) is 6.07 Å². The van der Waals surface area contributed by atoms with E-state index in [-0.39, 0.29) is 18.1 Å². The highest BCUT2D eigenvalue weighted by Crippen LogP contribution is 2.41. The summed E-state index contributed by atoms with van der Waals surface area (Å²) in [7, 11) is 1.33. The minimum Gasteiger partial charge on any atom is -0.468 e. The number of rotatable bonds is 4. The van der Waals surface area contributed by atoms with E-state index in [1.807, 2.05) is 6.07 Å². The van der Waals surface area contributed by atoms with Gasteiger partial charge in [-0.2, -0.15) is 5.26 Å². The molecule has 0 fully saturated rings. The molecule has 0 aromatic heterocycles. The van der Waals surface area contributed by atoms with Crippen LogP contribution in [0.5, 0.6) is 0 Å². The van der Waals surface area contributed by atoms with Gasteiger partial charge in [0.05, 0.1) is 25.4 Å². The normalized spacial score (nSPS) is 10.5. The average molecular weight is 317 g/mol. The van der Waals surface area contributed by atoms with Gasteiger partial charge in [0.15, 0.2) is 0 Å². The smallest absolute Gasteiger partial charge is 0.315 e. The quantitative estimate of drug-likeness (QED) is 0.589. The maximum Gasteiger partial charge on any atom is 0.315 e. The van der Waals surface area contributed by atoms with Crippen LogP contribution < -0.4 is 0 Å². The lowest BCUT2D eigenvalue weighted by molar-refractivity contribution is -0.137. The fourth-order valence-corrected chi connectivity index (χ4v) is 1.92. The number of methoxy groups -OCH3 is 1. The number of nitrogens with zero attached hydrogens (tertiary/aromatic N) is 1. The molecule has 12 heavy (non-hydrogen) atoms. The zero-order valence-electron chi connectivity index (χ0n) is 6.34. The van der Waals surface area contributed by atoms with E-state index in [1.165, 1.54) is 18.9 Å². The molecule has 0 saturated heterocycles. The summed E-state index contributed by atoms with van der Waals surface area (Å²) in [5, 5.41) is 8.38. The number of esters is 1. The van der Waals surface area contributed by atoms with Crippen molar-refractivity contribution in [3.05, 3.63) is 0 Å². The molecule has 0 heterocycles. The van der Waals surface area contributed by atoms with Crippen LogP contribution >= 0.6 is 43.6 Å². The molecule has 3 nitrogen and oxygen atoms in total. The third-order valence-corrected chi connectivity index (χ3v) is 3.79. The first-order chi connectivity index (χ1) is 5.52. The van der Waals surface area contributed by atoms with Gasteiger partial charge < -0.3 is 4.74 Å². The second-order valence-electron chi connectivity index (χ2n) is 1.84. The maximum absolute atomic E-state index is 10.7. The van der Waals surface area contributed by atoms with E-state index in [0.29, 0.717) is 0 Å². The van der Waals surface area contributed by atoms with Crippen molar-refractivity contribution in [1.29, 1.82) is 5.26 Å². The largest absolute Gasteiger partial charge is 0.468 e. The van der Waals surface area contributed by atoms with Crippen molar-refractivity contribution >= 4 is 49.6 Å². The van der Waals surface area contributed by atoms with Crippen LogP contribution in [0.25, 0.3) is 0 Å². The fraction of sp³-hybridized carbons (Fsp3) is 0.667. The second-order valence-corrected chi connectivity index (χ2v) is 7.93. The van der Waals surface area contributed by atoms with E-state index in [0.717, 1.165) is 0 Å². The molecule has 0 aromatic rings. The molecule has 0 spiro atoms. The molecular weight excluding hydrogens is 310 g/mol. The molecule has 0 amide bonds. The Hall–Kier alpha value is 0.270. The number of carbonyl (C=O) groups is 1. The van der Waals surface area contributed by atoms with Gasteiger partial charge in [-0.05, 0) is 0 Å². The second kappa shape index (κ2) is 5.84. The van der Waals surface area contributed by atoms with Crippen LogP contribution in [0.3, 0.4) is 0 Å². The van der Waals surface area contributed by atoms with Gasteiger partial charge in [-0.1, -0.05) is 31.9 Å². The van der Waals surface area contributed by atoms with Gasteiger partial charge in [-0.15, -0.1) is 11.8 Å². The molecule has 0 aliphatic rings. The molecule has 0 aromatic carbocycles. The fourth-order valence-electron chi connectivity index (χ4n) is 0.367. The summed E-state index contributed by atoms with van der Waals surface area (Å²) >= 11 is 7.77. The Bertz CT molecular complexity index is 202. The minimum atomic E-state index is -0.539. The highest BCUT2D eigenvalue weighted by Gasteiger charge is 2.24. The molecule has 0 saturated carbocycles. The van der Waals surface area contributed by atoms with Crippen molar-refractivity contribution in [2.75, 3.05) is 12.9 Å². The monoisotopic (exact) mass is 315 g/mol. The summed E-state index contributed by atoms with van der Waals surface area (Å²) < 4.78 is 3.90. The Labute approximate surface area is 92.1 Å². The number of carbonyl (C=O) groups excluding carboxylic acids is 1. The van der Waals surface area contributed by atoms with Gasteiger partial charge in [-0.3, -0.25) is 4.79 Å². The Morgan fingerprint density at radius 1 is 1.75 bits per heavy atom. The van der Waals surface area contributed by atoms with E-state index >= 15 is 0 Å². The lowest BCUT2D eigenvalue weighted by atomic mass is 10.6. The predicted octanol–water partition coefficient (Wildman–Crippen LogP) is 2.25. The summed E-state index contributed by atoms with van der Waals surface area (Å²) in [6.45, 7) is 0. The van der Waals surface area contributed by atoms with Crippen LogP contribution in [0.1, 0.15) is 6.42 Å². The number of ether oxygens (including phenoxy) is 1. The number of thioether (sulfide) groups is 1. The SMILES string of the molecule is COC(=O)CSC(Br)(Br)CC#N. The Balaban J connectivity index is 3.76. The zero-order chi connectivity index (χ0) is 9.61. The topological polar surface area (TPSA) is 50.1 Å². The molecule has 0 radical (unpaired) electrons. The van der Waals surface area contributed by atoms with E-state index in [9.17, 15) is 4.79 Å². The molecule has 0 aliphatic heterocycles. The van der Waals surface area contributed by atoms with Gasteiger partial charge in [-0.25, -0.2) is 0 Å². The zero-order valence-corrected chi connectivity index (χ0v) is 10.3. The van der Waals surface area contributed by atoms with Crippen molar-refractivity contribution < 1.29 is 9.53 Å². The molecule has 0 unspecified atom stereocenters. The number of hydrogen-bond acceptors (Lipinski definition) is 4. The Morgan fingerprint density at radius 3 is 2.75 bits per heavy atom.